The normalized spacial score (nSPS) is 24.4. The first-order valence-corrected chi connectivity index (χ1v) is 8.93. The van der Waals surface area contributed by atoms with Crippen LogP contribution in [0, 0.1) is 17.8 Å². The Balaban J connectivity index is 2.30. The van der Waals surface area contributed by atoms with Crippen LogP contribution >= 0.6 is 0 Å². The SMILES string of the molecule is C=C[C@H]1C[C@@H](/C=C/C(=O)OC)[C@H](NC(=O)c2ccccc2)[C@H]1C(=O)OCC. The van der Waals surface area contributed by atoms with Crippen LogP contribution in [0.5, 0.6) is 0 Å². The summed E-state index contributed by atoms with van der Waals surface area (Å²) in [6.07, 6.45) is 5.27. The van der Waals surface area contributed by atoms with Crippen LogP contribution in [0.1, 0.15) is 23.7 Å². The number of benzene rings is 1. The number of nitrogens with one attached hydrogen (secondary N) is 1. The molecule has 144 valence electrons. The summed E-state index contributed by atoms with van der Waals surface area (Å²) >= 11 is 0. The summed E-state index contributed by atoms with van der Waals surface area (Å²) in [5.41, 5.74) is 0.498. The Hall–Kier alpha value is -2.89. The molecule has 1 saturated carbocycles. The molecule has 6 nitrogen and oxygen atoms in total. The van der Waals surface area contributed by atoms with Crippen LogP contribution in [-0.2, 0) is 19.1 Å². The lowest BCUT2D eigenvalue weighted by Gasteiger charge is -2.25. The Morgan fingerprint density at radius 1 is 1.22 bits per heavy atom. The molecule has 1 aliphatic rings. The standard InChI is InChI=1S/C21H25NO5/c1-4-14-13-16(11-12-17(23)26-3)19(18(14)21(25)27-5-2)22-20(24)15-9-7-6-8-10-15/h4,6-12,14,16,18-19H,1,5,13H2,2-3H3,(H,22,24)/b12-11+/t14-,16+,18-,19-/m0/s1. The molecule has 1 aromatic carbocycles. The van der Waals surface area contributed by atoms with E-state index in [4.69, 9.17) is 4.74 Å². The van der Waals surface area contributed by atoms with Crippen molar-refractivity contribution in [2.24, 2.45) is 17.8 Å². The Labute approximate surface area is 159 Å². The maximum atomic E-state index is 12.7. The highest BCUT2D eigenvalue weighted by Crippen LogP contribution is 2.39. The van der Waals surface area contributed by atoms with Crippen LogP contribution in [-0.4, -0.2) is 37.6 Å². The third-order valence-corrected chi connectivity index (χ3v) is 4.73. The van der Waals surface area contributed by atoms with E-state index < -0.39 is 17.9 Å². The minimum Gasteiger partial charge on any atom is -0.466 e. The van der Waals surface area contributed by atoms with E-state index in [2.05, 4.69) is 16.6 Å². The largest absolute Gasteiger partial charge is 0.466 e. The van der Waals surface area contributed by atoms with Crippen molar-refractivity contribution in [2.75, 3.05) is 13.7 Å². The van der Waals surface area contributed by atoms with Crippen molar-refractivity contribution in [2.45, 2.75) is 19.4 Å². The Kier molecular flexibility index (Phi) is 7.34. The molecule has 0 radical (unpaired) electrons. The van der Waals surface area contributed by atoms with Crippen LogP contribution in [0.2, 0.25) is 0 Å². The number of hydrogen-bond acceptors (Lipinski definition) is 5. The van der Waals surface area contributed by atoms with Crippen LogP contribution in [0.3, 0.4) is 0 Å². The van der Waals surface area contributed by atoms with Gasteiger partial charge in [0.05, 0.1) is 19.6 Å². The monoisotopic (exact) mass is 371 g/mol. The van der Waals surface area contributed by atoms with Crippen molar-refractivity contribution in [3.05, 3.63) is 60.7 Å². The molecule has 0 bridgehead atoms. The first-order valence-electron chi connectivity index (χ1n) is 8.93. The molecule has 0 saturated heterocycles. The Bertz CT molecular complexity index is 713. The first-order chi connectivity index (χ1) is 13.0. The van der Waals surface area contributed by atoms with Gasteiger partial charge in [-0.05, 0) is 37.3 Å². The van der Waals surface area contributed by atoms with E-state index in [1.807, 2.05) is 6.07 Å². The molecule has 0 aliphatic heterocycles. The summed E-state index contributed by atoms with van der Waals surface area (Å²) in [5.74, 6) is -2.11. The van der Waals surface area contributed by atoms with Crippen molar-refractivity contribution in [3.8, 4) is 0 Å². The topological polar surface area (TPSA) is 81.7 Å². The summed E-state index contributed by atoms with van der Waals surface area (Å²) in [6, 6.07) is 8.26. The predicted octanol–water partition coefficient (Wildman–Crippen LogP) is 2.52. The van der Waals surface area contributed by atoms with Crippen LogP contribution in [0.15, 0.2) is 55.1 Å². The van der Waals surface area contributed by atoms with E-state index in [1.54, 1.807) is 43.3 Å². The highest BCUT2D eigenvalue weighted by molar-refractivity contribution is 5.94. The third kappa shape index (κ3) is 5.06. The van der Waals surface area contributed by atoms with Gasteiger partial charge in [-0.3, -0.25) is 9.59 Å². The smallest absolute Gasteiger partial charge is 0.330 e. The lowest BCUT2D eigenvalue weighted by Crippen LogP contribution is -2.45. The summed E-state index contributed by atoms with van der Waals surface area (Å²) in [5, 5.41) is 2.95. The molecule has 27 heavy (non-hydrogen) atoms. The highest BCUT2D eigenvalue weighted by Gasteiger charge is 2.46. The van der Waals surface area contributed by atoms with E-state index in [1.165, 1.54) is 13.2 Å². The maximum absolute atomic E-state index is 12.7. The molecule has 1 N–H and O–H groups in total. The number of hydrogen-bond donors (Lipinski definition) is 1. The number of rotatable bonds is 7. The van der Waals surface area contributed by atoms with E-state index >= 15 is 0 Å². The van der Waals surface area contributed by atoms with Gasteiger partial charge in [0.1, 0.15) is 0 Å². The van der Waals surface area contributed by atoms with Crippen molar-refractivity contribution >= 4 is 17.8 Å². The zero-order chi connectivity index (χ0) is 19.8. The fourth-order valence-electron chi connectivity index (χ4n) is 3.43. The van der Waals surface area contributed by atoms with Gasteiger partial charge < -0.3 is 14.8 Å². The minimum absolute atomic E-state index is 0.169. The average molecular weight is 371 g/mol. The summed E-state index contributed by atoms with van der Waals surface area (Å²) in [4.78, 5) is 36.7. The third-order valence-electron chi connectivity index (χ3n) is 4.73. The zero-order valence-electron chi connectivity index (χ0n) is 15.6. The molecule has 0 unspecified atom stereocenters. The number of carbonyl (C=O) groups is 3. The van der Waals surface area contributed by atoms with Gasteiger partial charge in [-0.1, -0.05) is 30.4 Å². The van der Waals surface area contributed by atoms with Gasteiger partial charge in [0.15, 0.2) is 0 Å². The molecule has 1 aromatic rings. The molecule has 2 rings (SSSR count). The number of ether oxygens (including phenoxy) is 2. The number of allylic oxidation sites excluding steroid dienone is 1. The molecule has 1 aliphatic carbocycles. The number of esters is 2. The molecule has 1 amide bonds. The Morgan fingerprint density at radius 3 is 2.52 bits per heavy atom. The van der Waals surface area contributed by atoms with Gasteiger partial charge in [0.25, 0.3) is 5.91 Å². The van der Waals surface area contributed by atoms with Crippen LogP contribution in [0.4, 0.5) is 0 Å². The fourth-order valence-corrected chi connectivity index (χ4v) is 3.43. The van der Waals surface area contributed by atoms with E-state index in [0.29, 0.717) is 12.0 Å². The van der Waals surface area contributed by atoms with Crippen molar-refractivity contribution in [3.63, 3.8) is 0 Å². The first kappa shape index (κ1) is 20.4. The Morgan fingerprint density at radius 2 is 1.93 bits per heavy atom. The van der Waals surface area contributed by atoms with Gasteiger partial charge in [-0.2, -0.15) is 0 Å². The van der Waals surface area contributed by atoms with Gasteiger partial charge in [-0.15, -0.1) is 6.58 Å². The average Bonchev–Trinajstić information content (AvgIpc) is 3.04. The second-order valence-electron chi connectivity index (χ2n) is 6.32. The second-order valence-corrected chi connectivity index (χ2v) is 6.32. The molecule has 1 fully saturated rings. The molecular formula is C21H25NO5. The highest BCUT2D eigenvalue weighted by atomic mass is 16.5. The van der Waals surface area contributed by atoms with E-state index in [0.717, 1.165) is 0 Å². The van der Waals surface area contributed by atoms with Crippen molar-refractivity contribution < 1.29 is 23.9 Å². The summed E-state index contributed by atoms with van der Waals surface area (Å²) < 4.78 is 9.85. The number of carbonyl (C=O) groups excluding carboxylic acids is 3. The van der Waals surface area contributed by atoms with Crippen molar-refractivity contribution in [1.82, 2.24) is 5.32 Å². The molecule has 0 aromatic heterocycles. The summed E-state index contributed by atoms with van der Waals surface area (Å²) in [7, 11) is 1.30. The second kappa shape index (κ2) is 9.71. The summed E-state index contributed by atoms with van der Waals surface area (Å²) in [6.45, 7) is 5.81. The molecule has 0 spiro atoms. The molecule has 6 heteroatoms. The molecular weight excluding hydrogens is 346 g/mol. The van der Waals surface area contributed by atoms with E-state index in [9.17, 15) is 14.4 Å². The maximum Gasteiger partial charge on any atom is 0.330 e. The lowest BCUT2D eigenvalue weighted by molar-refractivity contribution is -0.149. The van der Waals surface area contributed by atoms with Gasteiger partial charge in [0, 0.05) is 17.7 Å². The van der Waals surface area contributed by atoms with Crippen molar-refractivity contribution in [1.29, 1.82) is 0 Å². The zero-order valence-corrected chi connectivity index (χ0v) is 15.6. The number of amides is 1. The minimum atomic E-state index is -0.567. The quantitative estimate of drug-likeness (QED) is 0.452. The van der Waals surface area contributed by atoms with Crippen LogP contribution in [0.25, 0.3) is 0 Å². The van der Waals surface area contributed by atoms with Gasteiger partial charge in [-0.25, -0.2) is 4.79 Å². The van der Waals surface area contributed by atoms with Crippen LogP contribution < -0.4 is 5.32 Å². The van der Waals surface area contributed by atoms with Gasteiger partial charge in [0.2, 0.25) is 0 Å². The number of methoxy groups -OCH3 is 1. The molecule has 0 heterocycles. The molecule has 4 atom stereocenters. The van der Waals surface area contributed by atoms with E-state index in [-0.39, 0.29) is 30.3 Å². The van der Waals surface area contributed by atoms with Gasteiger partial charge >= 0.3 is 11.9 Å². The lowest BCUT2D eigenvalue weighted by atomic mass is 9.92. The predicted molar refractivity (Wildman–Crippen MR) is 101 cm³/mol. The fraction of sp³-hybridized carbons (Fsp3) is 0.381.